The Hall–Kier alpha value is -0.795. The van der Waals surface area contributed by atoms with E-state index in [1.165, 1.54) is 16.6 Å². The minimum atomic E-state index is -0.166. The fraction of sp³-hybridized carbons (Fsp3) is 0.455. The van der Waals surface area contributed by atoms with Crippen molar-refractivity contribution >= 4 is 13.3 Å². The van der Waals surface area contributed by atoms with Crippen molar-refractivity contribution in [3.8, 4) is 0 Å². The summed E-state index contributed by atoms with van der Waals surface area (Å²) in [6, 6.07) is 6.46. The second kappa shape index (κ2) is 3.41. The molecule has 0 fully saturated rings. The normalized spacial score (nSPS) is 25.9. The number of fused-ring (bicyclic) bond motifs is 1. The fourth-order valence-corrected chi connectivity index (χ4v) is 2.30. The first-order valence-electron chi connectivity index (χ1n) is 5.21. The van der Waals surface area contributed by atoms with E-state index >= 15 is 0 Å². The van der Waals surface area contributed by atoms with Crippen LogP contribution in [-0.2, 0) is 12.8 Å². The molecule has 1 atom stereocenters. The van der Waals surface area contributed by atoms with E-state index in [0.717, 1.165) is 19.3 Å². The molecule has 1 aromatic rings. The molecule has 0 aromatic heterocycles. The van der Waals surface area contributed by atoms with Crippen molar-refractivity contribution in [1.82, 2.24) is 0 Å². The number of rotatable bonds is 1. The standard InChI is InChI=1S/C11H17BN2/c12-10-3-1-2-8-6-11(14,7-13)5-4-9(8)10/h1-3H,4-7,12-14H2. The van der Waals surface area contributed by atoms with Crippen molar-refractivity contribution in [3.05, 3.63) is 29.3 Å². The lowest BCUT2D eigenvalue weighted by molar-refractivity contribution is 0.382. The Bertz CT molecular complexity index is 351. The third-order valence-electron chi connectivity index (χ3n) is 3.33. The monoisotopic (exact) mass is 188 g/mol. The molecule has 1 unspecified atom stereocenters. The summed E-state index contributed by atoms with van der Waals surface area (Å²) >= 11 is 0. The number of hydrogen-bond acceptors (Lipinski definition) is 2. The lowest BCUT2D eigenvalue weighted by Crippen LogP contribution is -2.51. The Morgan fingerprint density at radius 3 is 2.93 bits per heavy atom. The summed E-state index contributed by atoms with van der Waals surface area (Å²) < 4.78 is 0. The van der Waals surface area contributed by atoms with Gasteiger partial charge in [-0.05, 0) is 24.8 Å². The lowest BCUT2D eigenvalue weighted by atomic mass is 9.74. The summed E-state index contributed by atoms with van der Waals surface area (Å²) in [5.74, 6) is 0. The van der Waals surface area contributed by atoms with Crippen LogP contribution in [-0.4, -0.2) is 19.9 Å². The molecule has 0 amide bonds. The van der Waals surface area contributed by atoms with Gasteiger partial charge in [-0.2, -0.15) is 0 Å². The van der Waals surface area contributed by atoms with Crippen LogP contribution in [0, 0.1) is 0 Å². The van der Waals surface area contributed by atoms with Crippen molar-refractivity contribution < 1.29 is 0 Å². The second-order valence-electron chi connectivity index (χ2n) is 4.46. The average Bonchev–Trinajstić information content (AvgIpc) is 2.18. The molecule has 2 nitrogen and oxygen atoms in total. The maximum absolute atomic E-state index is 6.20. The molecule has 2 rings (SSSR count). The number of benzene rings is 1. The van der Waals surface area contributed by atoms with Crippen LogP contribution in [0.3, 0.4) is 0 Å². The quantitative estimate of drug-likeness (QED) is 0.560. The molecule has 0 spiro atoms. The van der Waals surface area contributed by atoms with Gasteiger partial charge in [0, 0.05) is 12.1 Å². The molecule has 1 aliphatic carbocycles. The first-order valence-corrected chi connectivity index (χ1v) is 5.21. The highest BCUT2D eigenvalue weighted by Gasteiger charge is 2.29. The molecule has 1 aromatic carbocycles. The SMILES string of the molecule is Bc1cccc2c1CCC(N)(CN)C2. The van der Waals surface area contributed by atoms with Gasteiger partial charge in [0.15, 0.2) is 0 Å². The van der Waals surface area contributed by atoms with Gasteiger partial charge in [0.25, 0.3) is 0 Å². The zero-order valence-electron chi connectivity index (χ0n) is 8.72. The summed E-state index contributed by atoms with van der Waals surface area (Å²) in [6.45, 7) is 0.584. The fourth-order valence-electron chi connectivity index (χ4n) is 2.30. The van der Waals surface area contributed by atoms with E-state index in [1.807, 2.05) is 0 Å². The van der Waals surface area contributed by atoms with E-state index in [2.05, 4.69) is 26.0 Å². The summed E-state index contributed by atoms with van der Waals surface area (Å²) in [5.41, 5.74) is 16.0. The zero-order chi connectivity index (χ0) is 10.2. The average molecular weight is 188 g/mol. The minimum absolute atomic E-state index is 0.166. The van der Waals surface area contributed by atoms with Crippen LogP contribution in [0.5, 0.6) is 0 Å². The Balaban J connectivity index is 2.36. The van der Waals surface area contributed by atoms with Crippen molar-refractivity contribution in [1.29, 1.82) is 0 Å². The number of nitrogens with two attached hydrogens (primary N) is 2. The summed E-state index contributed by atoms with van der Waals surface area (Å²) in [4.78, 5) is 0. The maximum atomic E-state index is 6.20. The highest BCUT2D eigenvalue weighted by molar-refractivity contribution is 6.33. The Labute approximate surface area is 86.1 Å². The van der Waals surface area contributed by atoms with Gasteiger partial charge >= 0.3 is 0 Å². The molecule has 3 heteroatoms. The van der Waals surface area contributed by atoms with Crippen LogP contribution in [0.2, 0.25) is 0 Å². The third-order valence-corrected chi connectivity index (χ3v) is 3.33. The van der Waals surface area contributed by atoms with Gasteiger partial charge in [-0.25, -0.2) is 0 Å². The van der Waals surface area contributed by atoms with E-state index in [-0.39, 0.29) is 5.54 Å². The predicted molar refractivity (Wildman–Crippen MR) is 62.6 cm³/mol. The minimum Gasteiger partial charge on any atom is -0.329 e. The molecule has 0 saturated heterocycles. The number of hydrogen-bond donors (Lipinski definition) is 2. The Kier molecular flexibility index (Phi) is 2.37. The summed E-state index contributed by atoms with van der Waals surface area (Å²) in [6.07, 6.45) is 3.03. The van der Waals surface area contributed by atoms with E-state index < -0.39 is 0 Å². The van der Waals surface area contributed by atoms with Gasteiger partial charge < -0.3 is 11.5 Å². The molecule has 0 aliphatic heterocycles. The summed E-state index contributed by atoms with van der Waals surface area (Å²) in [7, 11) is 2.17. The molecule has 0 heterocycles. The summed E-state index contributed by atoms with van der Waals surface area (Å²) in [5, 5.41) is 0. The van der Waals surface area contributed by atoms with Crippen LogP contribution < -0.4 is 16.9 Å². The van der Waals surface area contributed by atoms with Crippen molar-refractivity contribution in [2.75, 3.05) is 6.54 Å². The van der Waals surface area contributed by atoms with Gasteiger partial charge in [-0.15, -0.1) is 0 Å². The van der Waals surface area contributed by atoms with E-state index in [1.54, 1.807) is 0 Å². The molecule has 0 bridgehead atoms. The molecular formula is C11H17BN2. The van der Waals surface area contributed by atoms with Gasteiger partial charge in [0.1, 0.15) is 7.85 Å². The van der Waals surface area contributed by atoms with Gasteiger partial charge in [0.2, 0.25) is 0 Å². The van der Waals surface area contributed by atoms with E-state index in [0.29, 0.717) is 6.54 Å². The largest absolute Gasteiger partial charge is 0.329 e. The van der Waals surface area contributed by atoms with Gasteiger partial charge in [-0.3, -0.25) is 0 Å². The molecule has 74 valence electrons. The molecule has 0 saturated carbocycles. The molecule has 0 radical (unpaired) electrons. The van der Waals surface area contributed by atoms with Crippen LogP contribution in [0.25, 0.3) is 0 Å². The van der Waals surface area contributed by atoms with Crippen LogP contribution in [0.15, 0.2) is 18.2 Å². The van der Waals surface area contributed by atoms with Gasteiger partial charge in [0.05, 0.1) is 0 Å². The van der Waals surface area contributed by atoms with Crippen LogP contribution >= 0.6 is 0 Å². The van der Waals surface area contributed by atoms with Crippen molar-refractivity contribution in [2.45, 2.75) is 24.8 Å². The van der Waals surface area contributed by atoms with E-state index in [4.69, 9.17) is 11.5 Å². The van der Waals surface area contributed by atoms with Crippen LogP contribution in [0.4, 0.5) is 0 Å². The zero-order valence-corrected chi connectivity index (χ0v) is 8.72. The lowest BCUT2D eigenvalue weighted by Gasteiger charge is -2.34. The van der Waals surface area contributed by atoms with Crippen LogP contribution in [0.1, 0.15) is 17.5 Å². The highest BCUT2D eigenvalue weighted by atomic mass is 14.8. The second-order valence-corrected chi connectivity index (χ2v) is 4.46. The predicted octanol–water partition coefficient (Wildman–Crippen LogP) is -0.910. The molecular weight excluding hydrogens is 171 g/mol. The van der Waals surface area contributed by atoms with Gasteiger partial charge in [-0.1, -0.05) is 29.2 Å². The van der Waals surface area contributed by atoms with E-state index in [9.17, 15) is 0 Å². The molecule has 14 heavy (non-hydrogen) atoms. The topological polar surface area (TPSA) is 52.0 Å². The van der Waals surface area contributed by atoms with Crippen molar-refractivity contribution in [2.24, 2.45) is 11.5 Å². The Morgan fingerprint density at radius 1 is 1.43 bits per heavy atom. The molecule has 4 N–H and O–H groups in total. The first-order chi connectivity index (χ1) is 6.64. The Morgan fingerprint density at radius 2 is 2.21 bits per heavy atom. The maximum Gasteiger partial charge on any atom is 0.139 e. The smallest absolute Gasteiger partial charge is 0.139 e. The first kappa shape index (κ1) is 9.75. The van der Waals surface area contributed by atoms with Crippen molar-refractivity contribution in [3.63, 3.8) is 0 Å². The molecule has 1 aliphatic rings. The highest BCUT2D eigenvalue weighted by Crippen LogP contribution is 2.24. The third kappa shape index (κ3) is 1.58.